The number of ketones is 1. The predicted molar refractivity (Wildman–Crippen MR) is 38.0 cm³/mol. The number of carbonyl (C=O) groups is 1. The Morgan fingerprint density at radius 2 is 2.18 bits per heavy atom. The highest BCUT2D eigenvalue weighted by Gasteiger charge is 2.45. The smallest absolute Gasteiger partial charge is 0.187 e. The number of fused-ring (bicyclic) bond motifs is 1. The average molecular weight is 154 g/mol. The van der Waals surface area contributed by atoms with Gasteiger partial charge in [0.15, 0.2) is 17.7 Å². The molecule has 0 aromatic carbocycles. The van der Waals surface area contributed by atoms with E-state index in [0.717, 1.165) is 0 Å². The van der Waals surface area contributed by atoms with Crippen LogP contribution >= 0.6 is 0 Å². The van der Waals surface area contributed by atoms with Gasteiger partial charge in [0, 0.05) is 0 Å². The molecule has 0 radical (unpaired) electrons. The normalized spacial score (nSPS) is 39.6. The Bertz CT molecular complexity index is 229. The minimum absolute atomic E-state index is 0.0144. The van der Waals surface area contributed by atoms with Crippen molar-refractivity contribution in [1.29, 1.82) is 0 Å². The Morgan fingerprint density at radius 1 is 1.45 bits per heavy atom. The summed E-state index contributed by atoms with van der Waals surface area (Å²) >= 11 is 0. The minimum Gasteiger partial charge on any atom is -0.340 e. The first-order valence-corrected chi connectivity index (χ1v) is 3.66. The van der Waals surface area contributed by atoms with E-state index >= 15 is 0 Å². The highest BCUT2D eigenvalue weighted by Crippen LogP contribution is 2.32. The van der Waals surface area contributed by atoms with E-state index < -0.39 is 5.79 Å². The van der Waals surface area contributed by atoms with Gasteiger partial charge >= 0.3 is 0 Å². The summed E-state index contributed by atoms with van der Waals surface area (Å²) in [5.41, 5.74) is 0. The van der Waals surface area contributed by atoms with Crippen LogP contribution in [0.1, 0.15) is 13.8 Å². The lowest BCUT2D eigenvalue weighted by molar-refractivity contribution is -0.152. The maximum absolute atomic E-state index is 11.1. The van der Waals surface area contributed by atoms with E-state index in [1.54, 1.807) is 6.08 Å². The zero-order valence-corrected chi connectivity index (χ0v) is 6.53. The van der Waals surface area contributed by atoms with Gasteiger partial charge in [0.25, 0.3) is 0 Å². The lowest BCUT2D eigenvalue weighted by Crippen LogP contribution is -2.25. The summed E-state index contributed by atoms with van der Waals surface area (Å²) in [6.45, 7) is 3.62. The maximum Gasteiger partial charge on any atom is 0.187 e. The van der Waals surface area contributed by atoms with E-state index in [-0.39, 0.29) is 18.0 Å². The second-order valence-electron chi connectivity index (χ2n) is 3.28. The molecule has 0 N–H and O–H groups in total. The van der Waals surface area contributed by atoms with Crippen molar-refractivity contribution in [3.63, 3.8) is 0 Å². The van der Waals surface area contributed by atoms with Crippen molar-refractivity contribution in [3.05, 3.63) is 12.2 Å². The Morgan fingerprint density at radius 3 is 2.82 bits per heavy atom. The molecule has 2 aliphatic rings. The van der Waals surface area contributed by atoms with Crippen molar-refractivity contribution in [3.8, 4) is 0 Å². The summed E-state index contributed by atoms with van der Waals surface area (Å²) in [4.78, 5) is 11.1. The molecule has 0 aromatic heterocycles. The zero-order valence-electron chi connectivity index (χ0n) is 6.53. The van der Waals surface area contributed by atoms with Crippen LogP contribution in [0.4, 0.5) is 0 Å². The van der Waals surface area contributed by atoms with Gasteiger partial charge in [-0.05, 0) is 26.0 Å². The Hall–Kier alpha value is -0.670. The van der Waals surface area contributed by atoms with Crippen LogP contribution in [0.15, 0.2) is 12.2 Å². The summed E-state index contributed by atoms with van der Waals surface area (Å²) < 4.78 is 10.8. The summed E-state index contributed by atoms with van der Waals surface area (Å²) in [6, 6.07) is 0. The summed E-state index contributed by atoms with van der Waals surface area (Å²) in [6.07, 6.45) is 2.73. The van der Waals surface area contributed by atoms with Crippen LogP contribution in [-0.2, 0) is 14.3 Å². The van der Waals surface area contributed by atoms with Crippen molar-refractivity contribution >= 4 is 5.78 Å². The fraction of sp³-hybridized carbons (Fsp3) is 0.625. The average Bonchev–Trinajstić information content (AvgIpc) is 2.31. The molecule has 0 amide bonds. The zero-order chi connectivity index (χ0) is 8.06. The van der Waals surface area contributed by atoms with Crippen LogP contribution in [0.2, 0.25) is 0 Å². The van der Waals surface area contributed by atoms with Gasteiger partial charge in [0.2, 0.25) is 0 Å². The van der Waals surface area contributed by atoms with Crippen LogP contribution in [0.3, 0.4) is 0 Å². The first kappa shape index (κ1) is 7.00. The van der Waals surface area contributed by atoms with Crippen molar-refractivity contribution in [2.24, 2.45) is 0 Å². The lowest BCUT2D eigenvalue weighted by atomic mass is 10.2. The van der Waals surface area contributed by atoms with Crippen LogP contribution < -0.4 is 0 Å². The molecule has 0 spiro atoms. The highest BCUT2D eigenvalue weighted by atomic mass is 16.8. The van der Waals surface area contributed by atoms with Gasteiger partial charge in [-0.25, -0.2) is 0 Å². The van der Waals surface area contributed by atoms with Crippen molar-refractivity contribution in [2.75, 3.05) is 0 Å². The van der Waals surface area contributed by atoms with E-state index in [0.29, 0.717) is 0 Å². The monoisotopic (exact) mass is 154 g/mol. The van der Waals surface area contributed by atoms with Gasteiger partial charge in [0.1, 0.15) is 6.10 Å². The van der Waals surface area contributed by atoms with Gasteiger partial charge in [-0.1, -0.05) is 0 Å². The maximum atomic E-state index is 11.1. The van der Waals surface area contributed by atoms with Gasteiger partial charge in [-0.15, -0.1) is 0 Å². The summed E-state index contributed by atoms with van der Waals surface area (Å²) in [5, 5.41) is 0. The Balaban J connectivity index is 2.22. The predicted octanol–water partition coefficient (Wildman–Crippen LogP) is 0.645. The van der Waals surface area contributed by atoms with Crippen LogP contribution in [0, 0.1) is 0 Å². The van der Waals surface area contributed by atoms with Gasteiger partial charge in [-0.3, -0.25) is 4.79 Å². The topological polar surface area (TPSA) is 35.5 Å². The molecule has 0 saturated carbocycles. The first-order chi connectivity index (χ1) is 5.08. The van der Waals surface area contributed by atoms with E-state index in [1.807, 2.05) is 13.8 Å². The molecule has 1 aliphatic heterocycles. The lowest BCUT2D eigenvalue weighted by Gasteiger charge is -2.16. The molecule has 0 unspecified atom stereocenters. The number of hydrogen-bond donors (Lipinski definition) is 0. The third-order valence-corrected chi connectivity index (χ3v) is 1.86. The molecule has 3 heteroatoms. The standard InChI is InChI=1S/C8H10O3/c1-8(2)10-6-4-3-5(9)7(6)11-8/h3-4,6-7H,1-2H3/t6-,7-/m1/s1. The molecule has 1 aliphatic carbocycles. The number of carbonyl (C=O) groups excluding carboxylic acids is 1. The molecule has 1 heterocycles. The van der Waals surface area contributed by atoms with Crippen molar-refractivity contribution in [2.45, 2.75) is 31.8 Å². The first-order valence-electron chi connectivity index (χ1n) is 3.66. The third kappa shape index (κ3) is 1.01. The second kappa shape index (κ2) is 1.93. The molecule has 2 atom stereocenters. The summed E-state index contributed by atoms with van der Waals surface area (Å²) in [7, 11) is 0. The fourth-order valence-electron chi connectivity index (χ4n) is 1.43. The van der Waals surface area contributed by atoms with Crippen LogP contribution in [0.5, 0.6) is 0 Å². The number of ether oxygens (including phenoxy) is 2. The SMILES string of the molecule is CC1(C)O[C@@H]2C(=O)C=C[C@H]2O1. The van der Waals surface area contributed by atoms with Gasteiger partial charge < -0.3 is 9.47 Å². The molecule has 60 valence electrons. The van der Waals surface area contributed by atoms with Gasteiger partial charge in [-0.2, -0.15) is 0 Å². The molecule has 2 rings (SSSR count). The molecule has 0 aromatic rings. The molecule has 1 fully saturated rings. The third-order valence-electron chi connectivity index (χ3n) is 1.86. The quantitative estimate of drug-likeness (QED) is 0.513. The number of rotatable bonds is 0. The fourth-order valence-corrected chi connectivity index (χ4v) is 1.43. The summed E-state index contributed by atoms with van der Waals surface area (Å²) in [5.74, 6) is -0.587. The van der Waals surface area contributed by atoms with Crippen molar-refractivity contribution in [1.82, 2.24) is 0 Å². The highest BCUT2D eigenvalue weighted by molar-refractivity contribution is 5.97. The van der Waals surface area contributed by atoms with Gasteiger partial charge in [0.05, 0.1) is 0 Å². The molecule has 11 heavy (non-hydrogen) atoms. The molecule has 1 saturated heterocycles. The Labute approximate surface area is 65.0 Å². The molecular formula is C8H10O3. The Kier molecular flexibility index (Phi) is 1.23. The minimum atomic E-state index is -0.601. The molecule has 3 nitrogen and oxygen atoms in total. The second-order valence-corrected chi connectivity index (χ2v) is 3.28. The molecule has 0 bridgehead atoms. The van der Waals surface area contributed by atoms with E-state index in [2.05, 4.69) is 0 Å². The van der Waals surface area contributed by atoms with Crippen molar-refractivity contribution < 1.29 is 14.3 Å². The number of hydrogen-bond acceptors (Lipinski definition) is 3. The van der Waals surface area contributed by atoms with E-state index in [9.17, 15) is 4.79 Å². The van der Waals surface area contributed by atoms with Crippen LogP contribution in [-0.4, -0.2) is 23.8 Å². The largest absolute Gasteiger partial charge is 0.340 e. The van der Waals surface area contributed by atoms with Crippen LogP contribution in [0.25, 0.3) is 0 Å². The molecular weight excluding hydrogens is 144 g/mol. The van der Waals surface area contributed by atoms with E-state index in [1.165, 1.54) is 6.08 Å². The van der Waals surface area contributed by atoms with E-state index in [4.69, 9.17) is 9.47 Å².